The van der Waals surface area contributed by atoms with Crippen molar-refractivity contribution in [1.29, 1.82) is 0 Å². The number of hydrogen-bond acceptors (Lipinski definition) is 2. The molecule has 0 saturated heterocycles. The smallest absolute Gasteiger partial charge is 0.127 e. The van der Waals surface area contributed by atoms with E-state index in [9.17, 15) is 4.39 Å². The van der Waals surface area contributed by atoms with Gasteiger partial charge in [0, 0.05) is 16.6 Å². The summed E-state index contributed by atoms with van der Waals surface area (Å²) in [5.41, 5.74) is 7.44. The second-order valence-electron chi connectivity index (χ2n) is 4.29. The molecule has 0 spiro atoms. The van der Waals surface area contributed by atoms with Crippen molar-refractivity contribution >= 4 is 11.6 Å². The fraction of sp³-hybridized carbons (Fsp3) is 0.200. The van der Waals surface area contributed by atoms with Gasteiger partial charge in [0.25, 0.3) is 0 Å². The SMILES string of the molecule is COc1cccc(C(N)Cc2c(F)cccc2Cl)c1. The van der Waals surface area contributed by atoms with E-state index in [-0.39, 0.29) is 11.9 Å². The standard InChI is InChI=1S/C15H15ClFNO/c1-19-11-5-2-4-10(8-11)15(18)9-12-13(16)6-3-7-14(12)17/h2-8,15H,9,18H2,1H3. The molecule has 0 saturated carbocycles. The summed E-state index contributed by atoms with van der Waals surface area (Å²) in [4.78, 5) is 0. The average molecular weight is 280 g/mol. The van der Waals surface area contributed by atoms with E-state index < -0.39 is 0 Å². The van der Waals surface area contributed by atoms with Crippen LogP contribution in [0, 0.1) is 5.82 Å². The molecule has 0 aliphatic carbocycles. The molecule has 2 aromatic rings. The Morgan fingerprint density at radius 3 is 2.68 bits per heavy atom. The van der Waals surface area contributed by atoms with Crippen LogP contribution in [0.5, 0.6) is 5.75 Å². The summed E-state index contributed by atoms with van der Waals surface area (Å²) in [5.74, 6) is 0.401. The van der Waals surface area contributed by atoms with E-state index in [0.717, 1.165) is 11.3 Å². The van der Waals surface area contributed by atoms with Crippen LogP contribution in [0.4, 0.5) is 4.39 Å². The predicted octanol–water partition coefficient (Wildman–Crippen LogP) is 3.73. The zero-order valence-electron chi connectivity index (χ0n) is 10.6. The van der Waals surface area contributed by atoms with Crippen molar-refractivity contribution in [2.45, 2.75) is 12.5 Å². The molecule has 19 heavy (non-hydrogen) atoms. The summed E-state index contributed by atoms with van der Waals surface area (Å²) < 4.78 is 18.9. The molecule has 0 bridgehead atoms. The molecule has 2 rings (SSSR count). The number of benzene rings is 2. The lowest BCUT2D eigenvalue weighted by molar-refractivity contribution is 0.413. The molecule has 4 heteroatoms. The van der Waals surface area contributed by atoms with Crippen molar-refractivity contribution in [3.8, 4) is 5.75 Å². The maximum atomic E-state index is 13.7. The van der Waals surface area contributed by atoms with E-state index in [4.69, 9.17) is 22.1 Å². The Bertz CT molecular complexity index is 554. The summed E-state index contributed by atoms with van der Waals surface area (Å²) in [6.07, 6.45) is 0.346. The first kappa shape index (κ1) is 13.8. The summed E-state index contributed by atoms with van der Waals surface area (Å²) >= 11 is 6.00. The van der Waals surface area contributed by atoms with Gasteiger partial charge in [-0.25, -0.2) is 4.39 Å². The van der Waals surface area contributed by atoms with Gasteiger partial charge in [0.15, 0.2) is 0 Å². The second-order valence-corrected chi connectivity index (χ2v) is 4.69. The van der Waals surface area contributed by atoms with Crippen molar-refractivity contribution in [3.05, 3.63) is 64.4 Å². The van der Waals surface area contributed by atoms with Crippen molar-refractivity contribution in [2.24, 2.45) is 5.73 Å². The Labute approximate surface area is 117 Å². The molecule has 0 amide bonds. The van der Waals surface area contributed by atoms with E-state index in [0.29, 0.717) is 17.0 Å². The van der Waals surface area contributed by atoms with Gasteiger partial charge in [-0.3, -0.25) is 0 Å². The van der Waals surface area contributed by atoms with Crippen molar-refractivity contribution in [1.82, 2.24) is 0 Å². The molecule has 2 N–H and O–H groups in total. The first-order chi connectivity index (χ1) is 9.11. The van der Waals surface area contributed by atoms with Crippen molar-refractivity contribution in [2.75, 3.05) is 7.11 Å². The number of rotatable bonds is 4. The van der Waals surface area contributed by atoms with Gasteiger partial charge in [-0.15, -0.1) is 0 Å². The van der Waals surface area contributed by atoms with E-state index in [1.54, 1.807) is 19.2 Å². The van der Waals surface area contributed by atoms with Crippen LogP contribution in [0.3, 0.4) is 0 Å². The van der Waals surface area contributed by atoms with Crippen LogP contribution in [0.1, 0.15) is 17.2 Å². The Morgan fingerprint density at radius 1 is 1.26 bits per heavy atom. The highest BCUT2D eigenvalue weighted by Crippen LogP contribution is 2.26. The van der Waals surface area contributed by atoms with Crippen LogP contribution in [0.2, 0.25) is 5.02 Å². The van der Waals surface area contributed by atoms with E-state index in [1.165, 1.54) is 6.07 Å². The van der Waals surface area contributed by atoms with Crippen LogP contribution in [-0.2, 0) is 6.42 Å². The minimum absolute atomic E-state index is 0.328. The van der Waals surface area contributed by atoms with E-state index >= 15 is 0 Å². The molecule has 2 aromatic carbocycles. The molecule has 0 radical (unpaired) electrons. The van der Waals surface area contributed by atoms with Gasteiger partial charge in [-0.05, 0) is 36.2 Å². The van der Waals surface area contributed by atoms with Crippen LogP contribution >= 0.6 is 11.6 Å². The molecule has 0 heterocycles. The molecule has 1 atom stereocenters. The third-order valence-electron chi connectivity index (χ3n) is 3.01. The molecular weight excluding hydrogens is 265 g/mol. The lowest BCUT2D eigenvalue weighted by Crippen LogP contribution is -2.14. The van der Waals surface area contributed by atoms with Crippen LogP contribution in [-0.4, -0.2) is 7.11 Å². The fourth-order valence-corrected chi connectivity index (χ4v) is 2.18. The topological polar surface area (TPSA) is 35.2 Å². The van der Waals surface area contributed by atoms with Crippen molar-refractivity contribution < 1.29 is 9.13 Å². The highest BCUT2D eigenvalue weighted by atomic mass is 35.5. The van der Waals surface area contributed by atoms with Gasteiger partial charge in [-0.2, -0.15) is 0 Å². The van der Waals surface area contributed by atoms with Crippen LogP contribution in [0.25, 0.3) is 0 Å². The summed E-state index contributed by atoms with van der Waals surface area (Å²) in [7, 11) is 1.60. The molecule has 0 aliphatic heterocycles. The molecule has 0 fully saturated rings. The maximum Gasteiger partial charge on any atom is 0.127 e. The zero-order chi connectivity index (χ0) is 13.8. The largest absolute Gasteiger partial charge is 0.497 e. The molecular formula is C15H15ClFNO. The number of hydrogen-bond donors (Lipinski definition) is 1. The first-order valence-corrected chi connectivity index (χ1v) is 6.32. The number of ether oxygens (including phenoxy) is 1. The lowest BCUT2D eigenvalue weighted by atomic mass is 9.99. The van der Waals surface area contributed by atoms with Gasteiger partial charge in [0.05, 0.1) is 7.11 Å². The van der Waals surface area contributed by atoms with Crippen LogP contribution < -0.4 is 10.5 Å². The van der Waals surface area contributed by atoms with Crippen molar-refractivity contribution in [3.63, 3.8) is 0 Å². The number of nitrogens with two attached hydrogens (primary N) is 1. The Morgan fingerprint density at radius 2 is 2.00 bits per heavy atom. The highest BCUT2D eigenvalue weighted by molar-refractivity contribution is 6.31. The van der Waals surface area contributed by atoms with E-state index in [1.807, 2.05) is 24.3 Å². The molecule has 0 aliphatic rings. The zero-order valence-corrected chi connectivity index (χ0v) is 11.3. The summed E-state index contributed by atoms with van der Waals surface area (Å²) in [6, 6.07) is 11.7. The van der Waals surface area contributed by atoms with Gasteiger partial charge in [-0.1, -0.05) is 29.8 Å². The van der Waals surface area contributed by atoms with Gasteiger partial charge in [0.1, 0.15) is 11.6 Å². The number of methoxy groups -OCH3 is 1. The Hall–Kier alpha value is -1.58. The van der Waals surface area contributed by atoms with Gasteiger partial charge >= 0.3 is 0 Å². The van der Waals surface area contributed by atoms with Gasteiger partial charge < -0.3 is 10.5 Å². The summed E-state index contributed by atoms with van der Waals surface area (Å²) in [5, 5.41) is 0.401. The fourth-order valence-electron chi connectivity index (χ4n) is 1.94. The first-order valence-electron chi connectivity index (χ1n) is 5.94. The highest BCUT2D eigenvalue weighted by Gasteiger charge is 2.13. The monoisotopic (exact) mass is 279 g/mol. The maximum absolute atomic E-state index is 13.7. The lowest BCUT2D eigenvalue weighted by Gasteiger charge is -2.14. The molecule has 1 unspecified atom stereocenters. The quantitative estimate of drug-likeness (QED) is 0.925. The number of halogens is 2. The third kappa shape index (κ3) is 3.25. The normalized spacial score (nSPS) is 12.2. The minimum atomic E-state index is -0.329. The third-order valence-corrected chi connectivity index (χ3v) is 3.36. The second kappa shape index (κ2) is 6.04. The molecule has 0 aromatic heterocycles. The minimum Gasteiger partial charge on any atom is -0.497 e. The predicted molar refractivity (Wildman–Crippen MR) is 75.0 cm³/mol. The summed E-state index contributed by atoms with van der Waals surface area (Å²) in [6.45, 7) is 0. The molecule has 100 valence electrons. The molecule has 2 nitrogen and oxygen atoms in total. The van der Waals surface area contributed by atoms with Crippen LogP contribution in [0.15, 0.2) is 42.5 Å². The van der Waals surface area contributed by atoms with E-state index in [2.05, 4.69) is 0 Å². The Balaban J connectivity index is 2.23. The van der Waals surface area contributed by atoms with Gasteiger partial charge in [0.2, 0.25) is 0 Å². The Kier molecular flexibility index (Phi) is 4.40. The average Bonchev–Trinajstić information content (AvgIpc) is 2.43.